The topological polar surface area (TPSA) is 37.8 Å². The van der Waals surface area contributed by atoms with Crippen molar-refractivity contribution < 1.29 is 0 Å². The maximum absolute atomic E-state index is 6.13. The second-order valence-corrected chi connectivity index (χ2v) is 4.63. The summed E-state index contributed by atoms with van der Waals surface area (Å²) in [5, 5.41) is 4.05. The molecular weight excluding hydrogens is 246 g/mol. The highest BCUT2D eigenvalue weighted by atomic mass is 35.5. The first-order chi connectivity index (χ1) is 8.79. The van der Waals surface area contributed by atoms with E-state index in [9.17, 15) is 0 Å². The smallest absolute Gasteiger partial charge is 0.0621 e. The second-order valence-electron chi connectivity index (χ2n) is 4.22. The van der Waals surface area contributed by atoms with Crippen molar-refractivity contribution >= 4 is 11.6 Å². The van der Waals surface area contributed by atoms with E-state index in [0.29, 0.717) is 6.04 Å². The zero-order valence-electron chi connectivity index (χ0n) is 10.3. The van der Waals surface area contributed by atoms with E-state index in [1.807, 2.05) is 25.4 Å². The van der Waals surface area contributed by atoms with Crippen LogP contribution in [0.4, 0.5) is 0 Å². The van der Waals surface area contributed by atoms with Gasteiger partial charge in [0.2, 0.25) is 0 Å². The number of hydrogen-bond acceptors (Lipinski definition) is 3. The van der Waals surface area contributed by atoms with Gasteiger partial charge in [0, 0.05) is 30.8 Å². The highest BCUT2D eigenvalue weighted by molar-refractivity contribution is 6.31. The van der Waals surface area contributed by atoms with Gasteiger partial charge in [-0.2, -0.15) is 0 Å². The quantitative estimate of drug-likeness (QED) is 0.899. The van der Waals surface area contributed by atoms with Crippen molar-refractivity contribution in [1.29, 1.82) is 0 Å². The molecule has 0 aromatic carbocycles. The summed E-state index contributed by atoms with van der Waals surface area (Å²) in [5.41, 5.74) is 2.34. The SMILES string of the molecule is CNC(Cc1cccnc1)Cc1ccncc1Cl. The first-order valence-corrected chi connectivity index (χ1v) is 6.32. The van der Waals surface area contributed by atoms with Crippen LogP contribution in [0.5, 0.6) is 0 Å². The Morgan fingerprint density at radius 2 is 2.00 bits per heavy atom. The lowest BCUT2D eigenvalue weighted by Crippen LogP contribution is -2.30. The minimum absolute atomic E-state index is 0.342. The third-order valence-electron chi connectivity index (χ3n) is 2.94. The molecule has 2 aromatic rings. The van der Waals surface area contributed by atoms with Crippen molar-refractivity contribution in [2.75, 3.05) is 7.05 Å². The molecule has 2 heterocycles. The van der Waals surface area contributed by atoms with Crippen molar-refractivity contribution in [2.45, 2.75) is 18.9 Å². The molecular formula is C14H16ClN3. The van der Waals surface area contributed by atoms with E-state index in [1.165, 1.54) is 5.56 Å². The molecule has 3 nitrogen and oxygen atoms in total. The predicted octanol–water partition coefficient (Wildman–Crippen LogP) is 2.50. The molecule has 2 rings (SSSR count). The Hall–Kier alpha value is -1.45. The minimum atomic E-state index is 0.342. The molecule has 4 heteroatoms. The van der Waals surface area contributed by atoms with Gasteiger partial charge < -0.3 is 5.32 Å². The van der Waals surface area contributed by atoms with Crippen LogP contribution < -0.4 is 5.32 Å². The monoisotopic (exact) mass is 261 g/mol. The molecule has 0 spiro atoms. The van der Waals surface area contributed by atoms with Gasteiger partial charge in [-0.15, -0.1) is 0 Å². The summed E-state index contributed by atoms with van der Waals surface area (Å²) in [6, 6.07) is 6.36. The summed E-state index contributed by atoms with van der Waals surface area (Å²) < 4.78 is 0. The van der Waals surface area contributed by atoms with Crippen LogP contribution in [0.1, 0.15) is 11.1 Å². The van der Waals surface area contributed by atoms with Gasteiger partial charge in [0.05, 0.1) is 5.02 Å². The molecule has 0 amide bonds. The standard InChI is InChI=1S/C14H16ClN3/c1-16-13(7-11-3-2-5-17-9-11)8-12-4-6-18-10-14(12)15/h2-6,9-10,13,16H,7-8H2,1H3. The summed E-state index contributed by atoms with van der Waals surface area (Å²) in [7, 11) is 1.97. The Labute approximate surface area is 112 Å². The largest absolute Gasteiger partial charge is 0.316 e. The third-order valence-corrected chi connectivity index (χ3v) is 3.28. The Balaban J connectivity index is 2.04. The van der Waals surface area contributed by atoms with Crippen molar-refractivity contribution in [3.05, 3.63) is 59.1 Å². The highest BCUT2D eigenvalue weighted by Gasteiger charge is 2.10. The van der Waals surface area contributed by atoms with Gasteiger partial charge in [-0.05, 0) is 43.1 Å². The first-order valence-electron chi connectivity index (χ1n) is 5.94. The van der Waals surface area contributed by atoms with Gasteiger partial charge in [-0.3, -0.25) is 9.97 Å². The lowest BCUT2D eigenvalue weighted by Gasteiger charge is -2.16. The van der Waals surface area contributed by atoms with E-state index < -0.39 is 0 Å². The van der Waals surface area contributed by atoms with E-state index in [4.69, 9.17) is 11.6 Å². The fraction of sp³-hybridized carbons (Fsp3) is 0.286. The average Bonchev–Trinajstić information content (AvgIpc) is 2.41. The van der Waals surface area contributed by atoms with Crippen LogP contribution in [0.3, 0.4) is 0 Å². The molecule has 1 unspecified atom stereocenters. The number of pyridine rings is 2. The van der Waals surface area contributed by atoms with E-state index in [-0.39, 0.29) is 0 Å². The lowest BCUT2D eigenvalue weighted by molar-refractivity contribution is 0.555. The van der Waals surface area contributed by atoms with Crippen LogP contribution in [0.15, 0.2) is 43.0 Å². The maximum atomic E-state index is 6.13. The average molecular weight is 262 g/mol. The predicted molar refractivity (Wildman–Crippen MR) is 73.7 cm³/mol. The Morgan fingerprint density at radius 3 is 2.67 bits per heavy atom. The van der Waals surface area contributed by atoms with E-state index in [0.717, 1.165) is 23.4 Å². The number of aromatic nitrogens is 2. The van der Waals surface area contributed by atoms with Crippen molar-refractivity contribution in [2.24, 2.45) is 0 Å². The third kappa shape index (κ3) is 3.52. The van der Waals surface area contributed by atoms with Crippen LogP contribution in [-0.4, -0.2) is 23.1 Å². The van der Waals surface area contributed by atoms with Gasteiger partial charge in [0.25, 0.3) is 0 Å². The zero-order valence-corrected chi connectivity index (χ0v) is 11.1. The number of hydrogen-bond donors (Lipinski definition) is 1. The molecule has 18 heavy (non-hydrogen) atoms. The number of halogens is 1. The molecule has 2 aromatic heterocycles. The molecule has 0 saturated carbocycles. The Morgan fingerprint density at radius 1 is 1.17 bits per heavy atom. The van der Waals surface area contributed by atoms with Gasteiger partial charge in [0.15, 0.2) is 0 Å². The maximum Gasteiger partial charge on any atom is 0.0621 e. The van der Waals surface area contributed by atoms with E-state index in [2.05, 4.69) is 21.4 Å². The number of nitrogens with zero attached hydrogens (tertiary/aromatic N) is 2. The summed E-state index contributed by atoms with van der Waals surface area (Å²) >= 11 is 6.13. The van der Waals surface area contributed by atoms with E-state index >= 15 is 0 Å². The fourth-order valence-corrected chi connectivity index (χ4v) is 2.11. The van der Waals surface area contributed by atoms with Gasteiger partial charge in [-0.25, -0.2) is 0 Å². The van der Waals surface area contributed by atoms with Crippen molar-refractivity contribution in [3.8, 4) is 0 Å². The molecule has 94 valence electrons. The summed E-state index contributed by atoms with van der Waals surface area (Å²) in [5.74, 6) is 0. The van der Waals surface area contributed by atoms with Crippen LogP contribution in [0.25, 0.3) is 0 Å². The van der Waals surface area contributed by atoms with Gasteiger partial charge in [0.1, 0.15) is 0 Å². The molecule has 0 saturated heterocycles. The summed E-state index contributed by atoms with van der Waals surface area (Å²) in [4.78, 5) is 8.13. The Kier molecular flexibility index (Phi) is 4.67. The molecule has 1 N–H and O–H groups in total. The zero-order chi connectivity index (χ0) is 12.8. The highest BCUT2D eigenvalue weighted by Crippen LogP contribution is 2.16. The van der Waals surface area contributed by atoms with Gasteiger partial charge in [-0.1, -0.05) is 17.7 Å². The summed E-state index contributed by atoms with van der Waals surface area (Å²) in [6.45, 7) is 0. The molecule has 1 atom stereocenters. The minimum Gasteiger partial charge on any atom is -0.316 e. The van der Waals surface area contributed by atoms with Crippen LogP contribution in [-0.2, 0) is 12.8 Å². The van der Waals surface area contributed by atoms with Crippen LogP contribution in [0, 0.1) is 0 Å². The number of nitrogens with one attached hydrogen (secondary N) is 1. The molecule has 0 radical (unpaired) electrons. The number of likely N-dealkylation sites (N-methyl/N-ethyl adjacent to an activating group) is 1. The van der Waals surface area contributed by atoms with Gasteiger partial charge >= 0.3 is 0 Å². The second kappa shape index (κ2) is 6.47. The first kappa shape index (κ1) is 13.0. The van der Waals surface area contributed by atoms with E-state index in [1.54, 1.807) is 18.6 Å². The normalized spacial score (nSPS) is 12.3. The Bertz CT molecular complexity index is 487. The number of rotatable bonds is 5. The molecule has 0 bridgehead atoms. The molecule has 0 aliphatic carbocycles. The van der Waals surface area contributed by atoms with Crippen molar-refractivity contribution in [1.82, 2.24) is 15.3 Å². The van der Waals surface area contributed by atoms with Crippen molar-refractivity contribution in [3.63, 3.8) is 0 Å². The molecule has 0 aliphatic rings. The van der Waals surface area contributed by atoms with Crippen LogP contribution >= 0.6 is 11.6 Å². The lowest BCUT2D eigenvalue weighted by atomic mass is 10.0. The fourth-order valence-electron chi connectivity index (χ4n) is 1.91. The molecule has 0 aliphatic heterocycles. The molecule has 0 fully saturated rings. The summed E-state index contributed by atoms with van der Waals surface area (Å²) in [6.07, 6.45) is 8.97. The van der Waals surface area contributed by atoms with Crippen LogP contribution in [0.2, 0.25) is 5.02 Å².